The van der Waals surface area contributed by atoms with Crippen molar-refractivity contribution in [3.8, 4) is 5.69 Å². The van der Waals surface area contributed by atoms with Gasteiger partial charge in [0.15, 0.2) is 5.65 Å². The Morgan fingerprint density at radius 3 is 2.83 bits per heavy atom. The van der Waals surface area contributed by atoms with Crippen LogP contribution >= 0.6 is 11.6 Å². The Kier molecular flexibility index (Phi) is 4.97. The lowest BCUT2D eigenvalue weighted by Crippen LogP contribution is -2.16. The molecule has 0 spiro atoms. The lowest BCUT2D eigenvalue weighted by atomic mass is 10.2. The van der Waals surface area contributed by atoms with Gasteiger partial charge in [-0.05, 0) is 51.7 Å². The predicted molar refractivity (Wildman–Crippen MR) is 98.1 cm³/mol. The first-order valence-electron chi connectivity index (χ1n) is 7.90. The van der Waals surface area contributed by atoms with E-state index in [1.807, 2.05) is 25.1 Å². The van der Waals surface area contributed by atoms with E-state index in [1.165, 1.54) is 0 Å². The van der Waals surface area contributed by atoms with Gasteiger partial charge in [0.25, 0.3) is 0 Å². The summed E-state index contributed by atoms with van der Waals surface area (Å²) in [5.41, 5.74) is 2.69. The number of halogens is 1. The summed E-state index contributed by atoms with van der Waals surface area (Å²) < 4.78 is 1.79. The van der Waals surface area contributed by atoms with Gasteiger partial charge in [0.05, 0.1) is 17.3 Å². The average molecular weight is 345 g/mol. The van der Waals surface area contributed by atoms with Crippen LogP contribution in [0.4, 0.5) is 5.82 Å². The summed E-state index contributed by atoms with van der Waals surface area (Å²) in [4.78, 5) is 10.9. The highest BCUT2D eigenvalue weighted by atomic mass is 35.5. The lowest BCUT2D eigenvalue weighted by Gasteiger charge is -2.10. The standard InChI is InChI=1S/C17H21ClN6/c1-12-5-6-13(9-15(12)18)24-17-14(10-22-24)16(20-11-21-17)19-7-4-8-23(2)3/h5-6,9-11H,4,7-8H2,1-3H3,(H,19,20,21). The van der Waals surface area contributed by atoms with E-state index in [2.05, 4.69) is 39.4 Å². The molecule has 2 aromatic heterocycles. The fraction of sp³-hybridized carbons (Fsp3) is 0.353. The van der Waals surface area contributed by atoms with Crippen LogP contribution in [0.1, 0.15) is 12.0 Å². The van der Waals surface area contributed by atoms with E-state index < -0.39 is 0 Å². The second-order valence-electron chi connectivity index (χ2n) is 6.03. The fourth-order valence-electron chi connectivity index (χ4n) is 2.49. The van der Waals surface area contributed by atoms with Crippen molar-refractivity contribution in [1.29, 1.82) is 0 Å². The van der Waals surface area contributed by atoms with E-state index in [1.54, 1.807) is 17.2 Å². The molecule has 0 aliphatic heterocycles. The van der Waals surface area contributed by atoms with Crippen LogP contribution in [0, 0.1) is 6.92 Å². The lowest BCUT2D eigenvalue weighted by molar-refractivity contribution is 0.405. The highest BCUT2D eigenvalue weighted by molar-refractivity contribution is 6.31. The van der Waals surface area contributed by atoms with Crippen molar-refractivity contribution in [3.63, 3.8) is 0 Å². The topological polar surface area (TPSA) is 58.9 Å². The van der Waals surface area contributed by atoms with Crippen molar-refractivity contribution in [2.45, 2.75) is 13.3 Å². The van der Waals surface area contributed by atoms with Gasteiger partial charge in [-0.2, -0.15) is 5.10 Å². The first-order valence-corrected chi connectivity index (χ1v) is 8.28. The number of benzene rings is 1. The zero-order valence-electron chi connectivity index (χ0n) is 14.1. The number of hydrogen-bond acceptors (Lipinski definition) is 5. The van der Waals surface area contributed by atoms with Crippen LogP contribution in [-0.2, 0) is 0 Å². The molecule has 0 aliphatic rings. The van der Waals surface area contributed by atoms with Gasteiger partial charge in [0.1, 0.15) is 12.1 Å². The normalized spacial score (nSPS) is 11.4. The van der Waals surface area contributed by atoms with Crippen LogP contribution in [0.5, 0.6) is 0 Å². The van der Waals surface area contributed by atoms with Crippen LogP contribution in [0.3, 0.4) is 0 Å². The van der Waals surface area contributed by atoms with Crippen molar-refractivity contribution in [2.24, 2.45) is 0 Å². The summed E-state index contributed by atoms with van der Waals surface area (Å²) in [6, 6.07) is 5.86. The van der Waals surface area contributed by atoms with Gasteiger partial charge in [-0.3, -0.25) is 0 Å². The van der Waals surface area contributed by atoms with E-state index in [0.29, 0.717) is 5.02 Å². The third kappa shape index (κ3) is 3.49. The van der Waals surface area contributed by atoms with Gasteiger partial charge >= 0.3 is 0 Å². The summed E-state index contributed by atoms with van der Waals surface area (Å²) in [7, 11) is 4.14. The minimum absolute atomic E-state index is 0.715. The van der Waals surface area contributed by atoms with Gasteiger partial charge in [0.2, 0.25) is 0 Å². The number of aryl methyl sites for hydroxylation is 1. The van der Waals surface area contributed by atoms with Crippen molar-refractivity contribution in [3.05, 3.63) is 41.3 Å². The van der Waals surface area contributed by atoms with Crippen molar-refractivity contribution >= 4 is 28.5 Å². The van der Waals surface area contributed by atoms with Gasteiger partial charge in [-0.1, -0.05) is 17.7 Å². The minimum Gasteiger partial charge on any atom is -0.369 e. The maximum atomic E-state index is 6.23. The quantitative estimate of drug-likeness (QED) is 0.696. The Morgan fingerprint density at radius 2 is 2.08 bits per heavy atom. The molecule has 3 aromatic rings. The van der Waals surface area contributed by atoms with Crippen LogP contribution in [0.2, 0.25) is 5.02 Å². The molecule has 7 heteroatoms. The molecule has 126 valence electrons. The van der Waals surface area contributed by atoms with Gasteiger partial charge in [-0.15, -0.1) is 0 Å². The highest BCUT2D eigenvalue weighted by Gasteiger charge is 2.11. The van der Waals surface area contributed by atoms with Crippen LogP contribution < -0.4 is 5.32 Å². The Labute approximate surface area is 146 Å². The van der Waals surface area contributed by atoms with Crippen molar-refractivity contribution in [1.82, 2.24) is 24.6 Å². The van der Waals surface area contributed by atoms with E-state index in [0.717, 1.165) is 47.6 Å². The van der Waals surface area contributed by atoms with Gasteiger partial charge in [-0.25, -0.2) is 14.6 Å². The number of anilines is 1. The molecule has 0 unspecified atom stereocenters. The summed E-state index contributed by atoms with van der Waals surface area (Å²) >= 11 is 6.23. The number of nitrogens with zero attached hydrogens (tertiary/aromatic N) is 5. The first-order chi connectivity index (χ1) is 11.6. The van der Waals surface area contributed by atoms with Gasteiger partial charge < -0.3 is 10.2 Å². The Hall–Kier alpha value is -2.18. The molecule has 1 N–H and O–H groups in total. The summed E-state index contributed by atoms with van der Waals surface area (Å²) in [6.07, 6.45) is 4.39. The summed E-state index contributed by atoms with van der Waals surface area (Å²) in [6.45, 7) is 3.86. The maximum Gasteiger partial charge on any atom is 0.168 e. The molecule has 0 aliphatic carbocycles. The molecule has 0 radical (unpaired) electrons. The minimum atomic E-state index is 0.715. The SMILES string of the molecule is Cc1ccc(-n2ncc3c(NCCCN(C)C)ncnc32)cc1Cl. The zero-order valence-corrected chi connectivity index (χ0v) is 14.9. The average Bonchev–Trinajstić information content (AvgIpc) is 2.99. The molecule has 3 rings (SSSR count). The third-order valence-corrected chi connectivity index (χ3v) is 4.25. The Balaban J connectivity index is 1.87. The number of aromatic nitrogens is 4. The molecule has 2 heterocycles. The molecule has 0 saturated carbocycles. The number of nitrogens with one attached hydrogen (secondary N) is 1. The molecule has 0 amide bonds. The highest BCUT2D eigenvalue weighted by Crippen LogP contribution is 2.24. The van der Waals surface area contributed by atoms with Crippen molar-refractivity contribution in [2.75, 3.05) is 32.5 Å². The number of rotatable bonds is 6. The smallest absolute Gasteiger partial charge is 0.168 e. The van der Waals surface area contributed by atoms with E-state index in [4.69, 9.17) is 11.6 Å². The third-order valence-electron chi connectivity index (χ3n) is 3.84. The zero-order chi connectivity index (χ0) is 17.1. The molecule has 0 atom stereocenters. The summed E-state index contributed by atoms with van der Waals surface area (Å²) in [5.74, 6) is 0.809. The number of hydrogen-bond donors (Lipinski definition) is 1. The fourth-order valence-corrected chi connectivity index (χ4v) is 2.66. The molecule has 6 nitrogen and oxygen atoms in total. The van der Waals surface area contributed by atoms with E-state index in [9.17, 15) is 0 Å². The van der Waals surface area contributed by atoms with Crippen molar-refractivity contribution < 1.29 is 0 Å². The Morgan fingerprint density at radius 1 is 1.25 bits per heavy atom. The van der Waals surface area contributed by atoms with Crippen LogP contribution in [0.25, 0.3) is 16.7 Å². The predicted octanol–water partition coefficient (Wildman–Crippen LogP) is 3.14. The Bertz CT molecular complexity index is 842. The second kappa shape index (κ2) is 7.15. The van der Waals surface area contributed by atoms with Gasteiger partial charge in [0, 0.05) is 11.6 Å². The number of fused-ring (bicyclic) bond motifs is 1. The van der Waals surface area contributed by atoms with E-state index >= 15 is 0 Å². The molecule has 0 saturated heterocycles. The molecular weight excluding hydrogens is 324 g/mol. The molecule has 1 aromatic carbocycles. The second-order valence-corrected chi connectivity index (χ2v) is 6.44. The van der Waals surface area contributed by atoms with Crippen LogP contribution in [0.15, 0.2) is 30.7 Å². The molecule has 0 fully saturated rings. The largest absolute Gasteiger partial charge is 0.369 e. The first kappa shape index (κ1) is 16.7. The molecular formula is C17H21ClN6. The summed E-state index contributed by atoms with van der Waals surface area (Å²) in [5, 5.41) is 9.45. The maximum absolute atomic E-state index is 6.23. The monoisotopic (exact) mass is 344 g/mol. The molecule has 24 heavy (non-hydrogen) atoms. The van der Waals surface area contributed by atoms with Crippen LogP contribution in [-0.4, -0.2) is 51.8 Å². The van der Waals surface area contributed by atoms with E-state index in [-0.39, 0.29) is 0 Å². The molecule has 0 bridgehead atoms.